The SMILES string of the molecule is CCCCCCC(=O)Oc1cccc(N2C(=O)[C@@H]3C4c5ccccc5C(c5ccccc54)[C@@H]3C2=O)c1. The maximum Gasteiger partial charge on any atom is 0.311 e. The third-order valence-corrected chi connectivity index (χ3v) is 7.99. The predicted octanol–water partition coefficient (Wildman–Crippen LogP) is 5.96. The number of amides is 2. The molecule has 1 fully saturated rings. The Bertz CT molecular complexity index is 1250. The maximum atomic E-state index is 13.9. The van der Waals surface area contributed by atoms with E-state index < -0.39 is 11.8 Å². The van der Waals surface area contributed by atoms with Crippen molar-refractivity contribution >= 4 is 23.5 Å². The van der Waals surface area contributed by atoms with E-state index in [4.69, 9.17) is 4.74 Å². The van der Waals surface area contributed by atoms with E-state index in [1.807, 2.05) is 24.3 Å². The van der Waals surface area contributed by atoms with Crippen LogP contribution in [0.2, 0.25) is 0 Å². The van der Waals surface area contributed by atoms with Gasteiger partial charge in [-0.2, -0.15) is 0 Å². The lowest BCUT2D eigenvalue weighted by atomic mass is 9.55. The van der Waals surface area contributed by atoms with E-state index in [1.165, 1.54) is 4.90 Å². The van der Waals surface area contributed by atoms with E-state index in [-0.39, 0.29) is 29.6 Å². The second-order valence-electron chi connectivity index (χ2n) is 10.1. The van der Waals surface area contributed by atoms with E-state index in [0.717, 1.165) is 47.9 Å². The molecule has 2 amide bonds. The molecule has 1 saturated heterocycles. The Kier molecular flexibility index (Phi) is 5.71. The van der Waals surface area contributed by atoms with Crippen LogP contribution < -0.4 is 9.64 Å². The van der Waals surface area contributed by atoms with Crippen LogP contribution in [0.1, 0.15) is 73.1 Å². The van der Waals surface area contributed by atoms with E-state index >= 15 is 0 Å². The van der Waals surface area contributed by atoms with Gasteiger partial charge in [-0.25, -0.2) is 4.90 Å². The molecule has 0 unspecified atom stereocenters. The Morgan fingerprint density at radius 3 is 1.83 bits per heavy atom. The third-order valence-electron chi connectivity index (χ3n) is 7.99. The van der Waals surface area contributed by atoms with Crippen molar-refractivity contribution in [2.75, 3.05) is 4.90 Å². The molecule has 36 heavy (non-hydrogen) atoms. The summed E-state index contributed by atoms with van der Waals surface area (Å²) in [5.74, 6) is -1.43. The van der Waals surface area contributed by atoms with Gasteiger partial charge in [0.2, 0.25) is 11.8 Å². The molecule has 3 aromatic rings. The molecule has 5 nitrogen and oxygen atoms in total. The molecular weight excluding hydrogens is 450 g/mol. The topological polar surface area (TPSA) is 63.7 Å². The van der Waals surface area contributed by atoms with Gasteiger partial charge in [-0.15, -0.1) is 0 Å². The fourth-order valence-corrected chi connectivity index (χ4v) is 6.50. The minimum atomic E-state index is -0.433. The lowest BCUT2D eigenvalue weighted by molar-refractivity contribution is -0.134. The first-order chi connectivity index (χ1) is 17.6. The summed E-state index contributed by atoms with van der Waals surface area (Å²) in [4.78, 5) is 41.4. The molecule has 2 bridgehead atoms. The number of hydrogen-bond donors (Lipinski definition) is 0. The molecule has 2 atom stereocenters. The molecule has 7 rings (SSSR count). The molecular formula is C31H29NO4. The lowest BCUT2D eigenvalue weighted by Gasteiger charge is -2.45. The van der Waals surface area contributed by atoms with Gasteiger partial charge in [0, 0.05) is 24.3 Å². The number of carbonyl (C=O) groups excluding carboxylic acids is 3. The van der Waals surface area contributed by atoms with Crippen LogP contribution in [0.5, 0.6) is 5.75 Å². The van der Waals surface area contributed by atoms with Gasteiger partial charge in [0.25, 0.3) is 0 Å². The van der Waals surface area contributed by atoms with Gasteiger partial charge < -0.3 is 4.74 Å². The number of nitrogens with zero attached hydrogens (tertiary/aromatic N) is 1. The second-order valence-corrected chi connectivity index (χ2v) is 10.1. The van der Waals surface area contributed by atoms with Crippen LogP contribution in [0.3, 0.4) is 0 Å². The highest BCUT2D eigenvalue weighted by molar-refractivity contribution is 6.23. The normalized spacial score (nSPS) is 23.3. The van der Waals surface area contributed by atoms with Crippen molar-refractivity contribution in [1.82, 2.24) is 0 Å². The molecule has 3 aromatic carbocycles. The number of rotatable bonds is 7. The molecule has 3 aliphatic carbocycles. The average Bonchev–Trinajstić information content (AvgIpc) is 3.17. The fourth-order valence-electron chi connectivity index (χ4n) is 6.50. The van der Waals surface area contributed by atoms with E-state index in [1.54, 1.807) is 24.3 Å². The molecule has 1 aliphatic heterocycles. The van der Waals surface area contributed by atoms with Gasteiger partial charge >= 0.3 is 5.97 Å². The number of hydrogen-bond acceptors (Lipinski definition) is 4. The number of esters is 1. The van der Waals surface area contributed by atoms with Crippen LogP contribution in [0, 0.1) is 11.8 Å². The zero-order valence-electron chi connectivity index (χ0n) is 20.4. The van der Waals surface area contributed by atoms with E-state index in [9.17, 15) is 14.4 Å². The summed E-state index contributed by atoms with van der Waals surface area (Å²) in [7, 11) is 0. The van der Waals surface area contributed by atoms with Crippen molar-refractivity contribution in [3.05, 3.63) is 95.1 Å². The van der Waals surface area contributed by atoms with Gasteiger partial charge in [-0.1, -0.05) is 80.8 Å². The molecule has 1 heterocycles. The zero-order chi connectivity index (χ0) is 24.8. The molecule has 0 saturated carbocycles. The summed E-state index contributed by atoms with van der Waals surface area (Å²) >= 11 is 0. The standard InChI is InChI=1S/C31H29NO4/c1-2-3-4-5-17-25(33)36-20-12-10-11-19(18-20)32-30(34)28-26-21-13-6-7-14-22(21)27(29(28)31(32)35)24-16-9-8-15-23(24)26/h6-16,18,26-29H,2-5,17H2,1H3/t26?,27?,28-,29+. The Balaban J connectivity index is 1.31. The maximum absolute atomic E-state index is 13.9. The first kappa shape index (κ1) is 22.7. The summed E-state index contributed by atoms with van der Waals surface area (Å²) in [6.07, 6.45) is 4.35. The monoisotopic (exact) mass is 479 g/mol. The number of benzene rings is 3. The van der Waals surface area contributed by atoms with Gasteiger partial charge in [-0.3, -0.25) is 14.4 Å². The lowest BCUT2D eigenvalue weighted by Crippen LogP contribution is -2.41. The molecule has 4 aliphatic rings. The quantitative estimate of drug-likeness (QED) is 0.182. The molecule has 182 valence electrons. The predicted molar refractivity (Wildman–Crippen MR) is 137 cm³/mol. The average molecular weight is 480 g/mol. The van der Waals surface area contributed by atoms with Crippen molar-refractivity contribution in [3.63, 3.8) is 0 Å². The van der Waals surface area contributed by atoms with Crippen LogP contribution >= 0.6 is 0 Å². The summed E-state index contributed by atoms with van der Waals surface area (Å²) in [6.45, 7) is 2.13. The van der Waals surface area contributed by atoms with Crippen molar-refractivity contribution < 1.29 is 19.1 Å². The first-order valence-corrected chi connectivity index (χ1v) is 13.0. The largest absolute Gasteiger partial charge is 0.426 e. The van der Waals surface area contributed by atoms with Gasteiger partial charge in [0.1, 0.15) is 5.75 Å². The minimum Gasteiger partial charge on any atom is -0.426 e. The number of ether oxygens (including phenoxy) is 1. The first-order valence-electron chi connectivity index (χ1n) is 13.0. The van der Waals surface area contributed by atoms with Crippen molar-refractivity contribution in [1.29, 1.82) is 0 Å². The number of imide groups is 1. The Morgan fingerprint density at radius 1 is 0.750 bits per heavy atom. The molecule has 0 radical (unpaired) electrons. The Hall–Kier alpha value is -3.73. The van der Waals surface area contributed by atoms with Crippen LogP contribution in [-0.2, 0) is 14.4 Å². The van der Waals surface area contributed by atoms with Crippen molar-refractivity contribution in [3.8, 4) is 5.75 Å². The molecule has 5 heteroatoms. The summed E-state index contributed by atoms with van der Waals surface area (Å²) in [5.41, 5.74) is 5.06. The number of anilines is 1. The summed E-state index contributed by atoms with van der Waals surface area (Å²) < 4.78 is 5.55. The van der Waals surface area contributed by atoms with Crippen LogP contribution in [0.15, 0.2) is 72.8 Å². The smallest absolute Gasteiger partial charge is 0.311 e. The Morgan fingerprint density at radius 2 is 1.31 bits per heavy atom. The second kappa shape index (κ2) is 9.05. The third kappa shape index (κ3) is 3.48. The fraction of sp³-hybridized carbons (Fsp3) is 0.323. The molecule has 0 spiro atoms. The highest BCUT2D eigenvalue weighted by Gasteiger charge is 2.61. The highest BCUT2D eigenvalue weighted by atomic mass is 16.5. The van der Waals surface area contributed by atoms with Crippen LogP contribution in [0.25, 0.3) is 0 Å². The molecule has 0 aromatic heterocycles. The van der Waals surface area contributed by atoms with Gasteiger partial charge in [0.15, 0.2) is 0 Å². The van der Waals surface area contributed by atoms with E-state index in [0.29, 0.717) is 17.9 Å². The Labute approximate surface area is 211 Å². The van der Waals surface area contributed by atoms with Crippen LogP contribution in [-0.4, -0.2) is 17.8 Å². The van der Waals surface area contributed by atoms with Crippen molar-refractivity contribution in [2.24, 2.45) is 11.8 Å². The number of carbonyl (C=O) groups is 3. The minimum absolute atomic E-state index is 0.141. The van der Waals surface area contributed by atoms with Gasteiger partial charge in [-0.05, 0) is 40.8 Å². The summed E-state index contributed by atoms with van der Waals surface area (Å²) in [6, 6.07) is 23.2. The summed E-state index contributed by atoms with van der Waals surface area (Å²) in [5, 5.41) is 0. The van der Waals surface area contributed by atoms with Gasteiger partial charge in [0.05, 0.1) is 17.5 Å². The van der Waals surface area contributed by atoms with Crippen LogP contribution in [0.4, 0.5) is 5.69 Å². The highest BCUT2D eigenvalue weighted by Crippen LogP contribution is 2.61. The van der Waals surface area contributed by atoms with Crippen molar-refractivity contribution in [2.45, 2.75) is 50.9 Å². The number of unbranched alkanes of at least 4 members (excludes halogenated alkanes) is 3. The zero-order valence-corrected chi connectivity index (χ0v) is 20.4. The van der Waals surface area contributed by atoms with E-state index in [2.05, 4.69) is 31.2 Å². The molecule has 0 N–H and O–H groups in total.